The molecule has 0 N–H and O–H groups in total. The second-order valence-corrected chi connectivity index (χ2v) is 7.29. The number of hydrogen-bond donors (Lipinski definition) is 0. The molecular weight excluding hydrogens is 386 g/mol. The van der Waals surface area contributed by atoms with Gasteiger partial charge in [0.05, 0.1) is 0 Å². The predicted molar refractivity (Wildman–Crippen MR) is 98.5 cm³/mol. The average molecular weight is 405 g/mol. The molecule has 0 atom stereocenters. The van der Waals surface area contributed by atoms with E-state index in [2.05, 4.69) is 4.98 Å². The molecule has 0 radical (unpaired) electrons. The van der Waals surface area contributed by atoms with Crippen LogP contribution in [0.3, 0.4) is 0 Å². The molecule has 1 aliphatic carbocycles. The van der Waals surface area contributed by atoms with Crippen LogP contribution in [0.4, 0.5) is 17.6 Å². The number of aryl methyl sites for hydroxylation is 1. The van der Waals surface area contributed by atoms with Crippen LogP contribution < -0.4 is 4.74 Å². The van der Waals surface area contributed by atoms with E-state index in [4.69, 9.17) is 9.15 Å². The summed E-state index contributed by atoms with van der Waals surface area (Å²) in [7, 11) is 0. The van der Waals surface area contributed by atoms with Crippen LogP contribution >= 0.6 is 0 Å². The van der Waals surface area contributed by atoms with Crippen LogP contribution in [0.25, 0.3) is 11.1 Å². The van der Waals surface area contributed by atoms with Gasteiger partial charge in [0.25, 0.3) is 0 Å². The molecule has 29 heavy (non-hydrogen) atoms. The zero-order valence-electron chi connectivity index (χ0n) is 15.8. The Morgan fingerprint density at radius 1 is 0.966 bits per heavy atom. The number of benzene rings is 2. The number of nitrogens with zero attached hydrogens (tertiary/aromatic N) is 1. The monoisotopic (exact) mass is 405 g/mol. The topological polar surface area (TPSA) is 35.3 Å². The normalized spacial score (nSPS) is 14.5. The van der Waals surface area contributed by atoms with Gasteiger partial charge in [-0.2, -0.15) is 0 Å². The Morgan fingerprint density at radius 2 is 1.72 bits per heavy atom. The van der Waals surface area contributed by atoms with Gasteiger partial charge in [-0.3, -0.25) is 0 Å². The second-order valence-electron chi connectivity index (χ2n) is 7.29. The van der Waals surface area contributed by atoms with E-state index in [1.807, 2.05) is 0 Å². The standard InChI is InChI=1S/C22H19F4NO2/c1-12-6-16(19(25)9-18(12)24)17-7-14(23)8-20(26)21(17)28-10-15-11-29-22(27-15)13-4-2-3-5-13/h6-9,11,13H,2-5,10H2,1H3. The van der Waals surface area contributed by atoms with Crippen molar-refractivity contribution in [3.05, 3.63) is 70.9 Å². The summed E-state index contributed by atoms with van der Waals surface area (Å²) in [6.07, 6.45) is 5.73. The molecule has 0 unspecified atom stereocenters. The molecule has 1 fully saturated rings. The van der Waals surface area contributed by atoms with Crippen molar-refractivity contribution in [2.24, 2.45) is 0 Å². The summed E-state index contributed by atoms with van der Waals surface area (Å²) in [4.78, 5) is 4.39. The Labute approximate surface area is 165 Å². The Bertz CT molecular complexity index is 1040. The van der Waals surface area contributed by atoms with Gasteiger partial charge >= 0.3 is 0 Å². The smallest absolute Gasteiger partial charge is 0.197 e. The minimum Gasteiger partial charge on any atom is -0.483 e. The first-order valence-electron chi connectivity index (χ1n) is 9.44. The summed E-state index contributed by atoms with van der Waals surface area (Å²) in [5.41, 5.74) is 0.318. The van der Waals surface area contributed by atoms with Gasteiger partial charge in [0.2, 0.25) is 0 Å². The SMILES string of the molecule is Cc1cc(-c2cc(F)cc(F)c2OCc2coc(C3CCCC3)n2)c(F)cc1F. The molecule has 1 aromatic heterocycles. The van der Waals surface area contributed by atoms with Crippen molar-refractivity contribution in [3.8, 4) is 16.9 Å². The van der Waals surface area contributed by atoms with Gasteiger partial charge in [0.1, 0.15) is 36.0 Å². The van der Waals surface area contributed by atoms with E-state index in [0.717, 1.165) is 31.7 Å². The molecule has 0 bridgehead atoms. The zero-order valence-corrected chi connectivity index (χ0v) is 15.8. The summed E-state index contributed by atoms with van der Waals surface area (Å²) in [5, 5.41) is 0. The van der Waals surface area contributed by atoms with Crippen molar-refractivity contribution in [2.75, 3.05) is 0 Å². The van der Waals surface area contributed by atoms with E-state index in [-0.39, 0.29) is 35.0 Å². The highest BCUT2D eigenvalue weighted by Crippen LogP contribution is 2.37. The number of rotatable bonds is 5. The van der Waals surface area contributed by atoms with E-state index in [1.165, 1.54) is 19.3 Å². The molecule has 7 heteroatoms. The summed E-state index contributed by atoms with van der Waals surface area (Å²) < 4.78 is 67.3. The fourth-order valence-electron chi connectivity index (χ4n) is 3.67. The first kappa shape index (κ1) is 19.5. The van der Waals surface area contributed by atoms with Crippen LogP contribution in [0.1, 0.15) is 48.7 Å². The van der Waals surface area contributed by atoms with E-state index < -0.39 is 23.3 Å². The third kappa shape index (κ3) is 3.99. The lowest BCUT2D eigenvalue weighted by Crippen LogP contribution is -2.02. The highest BCUT2D eigenvalue weighted by molar-refractivity contribution is 5.72. The van der Waals surface area contributed by atoms with Crippen LogP contribution in [0.15, 0.2) is 34.9 Å². The fourth-order valence-corrected chi connectivity index (χ4v) is 3.67. The average Bonchev–Trinajstić information content (AvgIpc) is 3.35. The van der Waals surface area contributed by atoms with Gasteiger partial charge in [-0.05, 0) is 37.5 Å². The third-order valence-electron chi connectivity index (χ3n) is 5.19. The van der Waals surface area contributed by atoms with Crippen molar-refractivity contribution in [3.63, 3.8) is 0 Å². The number of ether oxygens (including phenoxy) is 1. The second kappa shape index (κ2) is 7.89. The zero-order chi connectivity index (χ0) is 20.5. The summed E-state index contributed by atoms with van der Waals surface area (Å²) in [6.45, 7) is 1.31. The highest BCUT2D eigenvalue weighted by Gasteiger charge is 2.23. The molecule has 0 saturated heterocycles. The number of halogens is 4. The Morgan fingerprint density at radius 3 is 2.48 bits per heavy atom. The van der Waals surface area contributed by atoms with E-state index in [9.17, 15) is 17.6 Å². The lowest BCUT2D eigenvalue weighted by Gasteiger charge is -2.14. The Kier molecular flexibility index (Phi) is 5.30. The Balaban J connectivity index is 1.63. The maximum Gasteiger partial charge on any atom is 0.197 e. The van der Waals surface area contributed by atoms with Gasteiger partial charge in [-0.1, -0.05) is 12.8 Å². The molecule has 3 aromatic rings. The van der Waals surface area contributed by atoms with Crippen LogP contribution in [0.2, 0.25) is 0 Å². The Hall–Kier alpha value is -2.83. The molecule has 0 aliphatic heterocycles. The summed E-state index contributed by atoms with van der Waals surface area (Å²) in [5.74, 6) is -2.99. The quantitative estimate of drug-likeness (QED) is 0.458. The van der Waals surface area contributed by atoms with Crippen molar-refractivity contribution < 1.29 is 26.7 Å². The van der Waals surface area contributed by atoms with Gasteiger partial charge in [0, 0.05) is 29.2 Å². The van der Waals surface area contributed by atoms with Crippen molar-refractivity contribution >= 4 is 0 Å². The molecular formula is C22H19F4NO2. The molecule has 1 saturated carbocycles. The van der Waals surface area contributed by atoms with Crippen molar-refractivity contribution in [1.29, 1.82) is 0 Å². The molecule has 3 nitrogen and oxygen atoms in total. The molecule has 0 spiro atoms. The fraction of sp³-hybridized carbons (Fsp3) is 0.318. The van der Waals surface area contributed by atoms with Crippen LogP contribution in [-0.2, 0) is 6.61 Å². The van der Waals surface area contributed by atoms with Gasteiger partial charge in [-0.25, -0.2) is 22.5 Å². The first-order chi connectivity index (χ1) is 13.9. The maximum atomic E-state index is 14.5. The number of oxazole rings is 1. The van der Waals surface area contributed by atoms with E-state index in [1.54, 1.807) is 0 Å². The summed E-state index contributed by atoms with van der Waals surface area (Å²) in [6, 6.07) is 3.49. The third-order valence-corrected chi connectivity index (χ3v) is 5.19. The van der Waals surface area contributed by atoms with Gasteiger partial charge in [0.15, 0.2) is 17.5 Å². The number of aromatic nitrogens is 1. The molecule has 0 amide bonds. The minimum atomic E-state index is -0.985. The molecule has 152 valence electrons. The van der Waals surface area contributed by atoms with Gasteiger partial charge < -0.3 is 9.15 Å². The number of hydrogen-bond acceptors (Lipinski definition) is 3. The van der Waals surface area contributed by atoms with Crippen LogP contribution in [0.5, 0.6) is 5.75 Å². The van der Waals surface area contributed by atoms with Crippen molar-refractivity contribution in [2.45, 2.75) is 45.1 Å². The molecule has 1 heterocycles. The molecule has 2 aromatic carbocycles. The van der Waals surface area contributed by atoms with Crippen LogP contribution in [-0.4, -0.2) is 4.98 Å². The summed E-state index contributed by atoms with van der Waals surface area (Å²) >= 11 is 0. The lowest BCUT2D eigenvalue weighted by molar-refractivity contribution is 0.286. The largest absolute Gasteiger partial charge is 0.483 e. The van der Waals surface area contributed by atoms with Crippen LogP contribution in [0, 0.1) is 30.2 Å². The minimum absolute atomic E-state index is 0.131. The first-order valence-corrected chi connectivity index (χ1v) is 9.44. The van der Waals surface area contributed by atoms with Gasteiger partial charge in [-0.15, -0.1) is 0 Å². The lowest BCUT2D eigenvalue weighted by atomic mass is 10.0. The highest BCUT2D eigenvalue weighted by atomic mass is 19.1. The van der Waals surface area contributed by atoms with Crippen molar-refractivity contribution in [1.82, 2.24) is 4.98 Å². The van der Waals surface area contributed by atoms with E-state index in [0.29, 0.717) is 23.7 Å². The molecule has 1 aliphatic rings. The maximum absolute atomic E-state index is 14.5. The van der Waals surface area contributed by atoms with E-state index >= 15 is 0 Å². The molecule has 4 rings (SSSR count). The predicted octanol–water partition coefficient (Wildman–Crippen LogP) is 6.44.